The van der Waals surface area contributed by atoms with Crippen molar-refractivity contribution in [1.82, 2.24) is 5.32 Å². The van der Waals surface area contributed by atoms with E-state index in [0.29, 0.717) is 12.4 Å². The van der Waals surface area contributed by atoms with E-state index in [-0.39, 0.29) is 17.9 Å². The zero-order chi connectivity index (χ0) is 24.7. The monoisotopic (exact) mass is 472 g/mol. The molecular weight excluding hydrogens is 450 g/mol. The molecule has 0 unspecified atom stereocenters. The van der Waals surface area contributed by atoms with Gasteiger partial charge in [-0.25, -0.2) is 0 Å². The van der Waals surface area contributed by atoms with Gasteiger partial charge >= 0.3 is 6.61 Å². The Balaban J connectivity index is 1.66. The Morgan fingerprint density at radius 1 is 1.06 bits per heavy atom. The largest absolute Gasteiger partial charge is 0.493 e. The number of aryl methyl sites for hydroxylation is 1. The van der Waals surface area contributed by atoms with E-state index in [1.807, 2.05) is 31.2 Å². The molecule has 3 aromatic carbocycles. The van der Waals surface area contributed by atoms with Crippen molar-refractivity contribution in [2.45, 2.75) is 26.7 Å². The molecule has 1 N–H and O–H groups in total. The van der Waals surface area contributed by atoms with E-state index in [0.717, 1.165) is 28.8 Å². The van der Waals surface area contributed by atoms with Crippen LogP contribution in [0.2, 0.25) is 0 Å². The quantitative estimate of drug-likeness (QED) is 0.328. The van der Waals surface area contributed by atoms with Crippen LogP contribution in [0.25, 0.3) is 0 Å². The third-order valence-electron chi connectivity index (χ3n) is 4.80. The van der Waals surface area contributed by atoms with Crippen LogP contribution in [0.15, 0.2) is 60.7 Å². The fraction of sp³-hybridized carbons (Fsp3) is 0.208. The zero-order valence-electron chi connectivity index (χ0n) is 18.4. The molecule has 1 amide bonds. The van der Waals surface area contributed by atoms with Crippen LogP contribution < -0.4 is 19.5 Å². The van der Waals surface area contributed by atoms with Gasteiger partial charge in [0.05, 0.1) is 18.1 Å². The Morgan fingerprint density at radius 2 is 1.79 bits per heavy atom. The minimum Gasteiger partial charge on any atom is -0.493 e. The molecule has 0 saturated carbocycles. The SMILES string of the molecule is COc1cc(C(=O)NCc2ccc(OCc3cccc(C)c3)cc2)c([N+](=O)[O-])cc1OC(F)F. The summed E-state index contributed by atoms with van der Waals surface area (Å²) in [6.45, 7) is -0.722. The fourth-order valence-electron chi connectivity index (χ4n) is 3.18. The number of nitrogens with one attached hydrogen (secondary N) is 1. The number of hydrogen-bond acceptors (Lipinski definition) is 6. The van der Waals surface area contributed by atoms with Gasteiger partial charge in [0.15, 0.2) is 11.5 Å². The van der Waals surface area contributed by atoms with Gasteiger partial charge in [-0.2, -0.15) is 8.78 Å². The van der Waals surface area contributed by atoms with Gasteiger partial charge in [0.2, 0.25) is 0 Å². The number of methoxy groups -OCH3 is 1. The highest BCUT2D eigenvalue weighted by molar-refractivity contribution is 5.99. The van der Waals surface area contributed by atoms with Crippen LogP contribution in [-0.4, -0.2) is 24.6 Å². The lowest BCUT2D eigenvalue weighted by molar-refractivity contribution is -0.385. The van der Waals surface area contributed by atoms with Crippen LogP contribution in [0.4, 0.5) is 14.5 Å². The van der Waals surface area contributed by atoms with Gasteiger partial charge in [0.1, 0.15) is 17.9 Å². The number of carbonyl (C=O) groups excluding carboxylic acids is 1. The van der Waals surface area contributed by atoms with Crippen LogP contribution in [-0.2, 0) is 13.2 Å². The molecule has 3 aromatic rings. The Kier molecular flexibility index (Phi) is 7.96. The maximum Gasteiger partial charge on any atom is 0.387 e. The summed E-state index contributed by atoms with van der Waals surface area (Å²) >= 11 is 0. The summed E-state index contributed by atoms with van der Waals surface area (Å²) in [7, 11) is 1.17. The van der Waals surface area contributed by atoms with Crippen molar-refractivity contribution in [3.63, 3.8) is 0 Å². The van der Waals surface area contributed by atoms with Gasteiger partial charge in [-0.15, -0.1) is 0 Å². The number of rotatable bonds is 10. The number of nitro groups is 1. The summed E-state index contributed by atoms with van der Waals surface area (Å²) in [5, 5.41) is 14.0. The van der Waals surface area contributed by atoms with E-state index in [1.54, 1.807) is 24.3 Å². The number of benzene rings is 3. The van der Waals surface area contributed by atoms with Crippen molar-refractivity contribution in [3.8, 4) is 17.2 Å². The molecule has 0 fully saturated rings. The molecule has 0 bridgehead atoms. The second-order valence-electron chi connectivity index (χ2n) is 7.26. The van der Waals surface area contributed by atoms with Crippen LogP contribution in [0, 0.1) is 17.0 Å². The lowest BCUT2D eigenvalue weighted by atomic mass is 10.1. The third kappa shape index (κ3) is 6.41. The minimum atomic E-state index is -3.21. The number of ether oxygens (including phenoxy) is 3. The lowest BCUT2D eigenvalue weighted by Crippen LogP contribution is -2.24. The van der Waals surface area contributed by atoms with E-state index < -0.39 is 28.9 Å². The first-order chi connectivity index (χ1) is 16.3. The number of halogens is 2. The lowest BCUT2D eigenvalue weighted by Gasteiger charge is -2.12. The van der Waals surface area contributed by atoms with E-state index in [2.05, 4.69) is 10.1 Å². The topological polar surface area (TPSA) is 99.9 Å². The predicted octanol–water partition coefficient (Wildman–Crippen LogP) is 5.02. The summed E-state index contributed by atoms with van der Waals surface area (Å²) in [4.78, 5) is 23.1. The number of nitro benzene ring substituents is 1. The molecular formula is C24H22F2N2O6. The number of alkyl halides is 2. The summed E-state index contributed by atoms with van der Waals surface area (Å²) in [6, 6.07) is 16.7. The summed E-state index contributed by atoms with van der Waals surface area (Å²) in [6.07, 6.45) is 0. The van der Waals surface area contributed by atoms with Crippen molar-refractivity contribution in [2.24, 2.45) is 0 Å². The Morgan fingerprint density at radius 3 is 2.41 bits per heavy atom. The highest BCUT2D eigenvalue weighted by Crippen LogP contribution is 2.35. The van der Waals surface area contributed by atoms with Gasteiger partial charge in [0.25, 0.3) is 11.6 Å². The molecule has 0 aliphatic carbocycles. The Labute approximate surface area is 194 Å². The zero-order valence-corrected chi connectivity index (χ0v) is 18.4. The highest BCUT2D eigenvalue weighted by Gasteiger charge is 2.25. The fourth-order valence-corrected chi connectivity index (χ4v) is 3.18. The molecule has 0 aromatic heterocycles. The molecule has 0 aliphatic heterocycles. The van der Waals surface area contributed by atoms with Crippen molar-refractivity contribution in [2.75, 3.05) is 7.11 Å². The Bertz CT molecular complexity index is 1170. The molecule has 8 nitrogen and oxygen atoms in total. The average Bonchev–Trinajstić information content (AvgIpc) is 2.81. The van der Waals surface area contributed by atoms with Crippen LogP contribution >= 0.6 is 0 Å². The molecule has 0 radical (unpaired) electrons. The summed E-state index contributed by atoms with van der Waals surface area (Å²) in [5.74, 6) is -0.895. The molecule has 3 rings (SSSR count). The molecule has 0 atom stereocenters. The van der Waals surface area contributed by atoms with E-state index in [4.69, 9.17) is 9.47 Å². The van der Waals surface area contributed by atoms with Gasteiger partial charge in [-0.3, -0.25) is 14.9 Å². The van der Waals surface area contributed by atoms with Crippen LogP contribution in [0.5, 0.6) is 17.2 Å². The molecule has 0 spiro atoms. The maximum absolute atomic E-state index is 12.6. The van der Waals surface area contributed by atoms with Crippen molar-refractivity contribution < 1.29 is 32.7 Å². The number of hydrogen-bond donors (Lipinski definition) is 1. The van der Waals surface area contributed by atoms with Crippen LogP contribution in [0.3, 0.4) is 0 Å². The maximum atomic E-state index is 12.6. The van der Waals surface area contributed by atoms with Gasteiger partial charge in [-0.05, 0) is 30.2 Å². The molecule has 0 aliphatic rings. The first kappa shape index (κ1) is 24.4. The Hall–Kier alpha value is -4.21. The first-order valence-electron chi connectivity index (χ1n) is 10.1. The molecule has 178 valence electrons. The molecule has 0 heterocycles. The number of carbonyl (C=O) groups is 1. The third-order valence-corrected chi connectivity index (χ3v) is 4.80. The smallest absolute Gasteiger partial charge is 0.387 e. The number of amides is 1. The second kappa shape index (κ2) is 11.1. The standard InChI is InChI=1S/C24H22F2N2O6/c1-15-4-3-5-17(10-15)14-33-18-8-6-16(7-9-18)13-27-23(29)19-11-21(32-2)22(34-24(25)26)12-20(19)28(30)31/h3-12,24H,13-14H2,1-2H3,(H,27,29). The summed E-state index contributed by atoms with van der Waals surface area (Å²) < 4.78 is 40.1. The van der Waals surface area contributed by atoms with E-state index in [1.165, 1.54) is 7.11 Å². The highest BCUT2D eigenvalue weighted by atomic mass is 19.3. The van der Waals surface area contributed by atoms with E-state index in [9.17, 15) is 23.7 Å². The normalized spacial score (nSPS) is 10.6. The molecule has 0 saturated heterocycles. The van der Waals surface area contributed by atoms with Crippen molar-refractivity contribution in [3.05, 3.63) is 93.0 Å². The predicted molar refractivity (Wildman–Crippen MR) is 119 cm³/mol. The summed E-state index contributed by atoms with van der Waals surface area (Å²) in [5.41, 5.74) is 1.87. The van der Waals surface area contributed by atoms with E-state index >= 15 is 0 Å². The molecule has 34 heavy (non-hydrogen) atoms. The minimum absolute atomic E-state index is 0.0751. The van der Waals surface area contributed by atoms with Gasteiger partial charge in [0, 0.05) is 12.6 Å². The van der Waals surface area contributed by atoms with Crippen molar-refractivity contribution >= 4 is 11.6 Å². The van der Waals surface area contributed by atoms with Gasteiger partial charge in [-0.1, -0.05) is 42.0 Å². The average molecular weight is 472 g/mol. The number of nitrogens with zero attached hydrogens (tertiary/aromatic N) is 1. The second-order valence-corrected chi connectivity index (χ2v) is 7.26. The van der Waals surface area contributed by atoms with Gasteiger partial charge < -0.3 is 19.5 Å². The van der Waals surface area contributed by atoms with Crippen molar-refractivity contribution in [1.29, 1.82) is 0 Å². The molecule has 10 heteroatoms. The first-order valence-corrected chi connectivity index (χ1v) is 10.1. The van der Waals surface area contributed by atoms with Crippen LogP contribution in [0.1, 0.15) is 27.0 Å².